The van der Waals surface area contributed by atoms with Crippen LogP contribution in [-0.4, -0.2) is 5.91 Å². The summed E-state index contributed by atoms with van der Waals surface area (Å²) in [6.45, 7) is 0. The molecule has 0 spiro atoms. The molecule has 0 aromatic heterocycles. The van der Waals surface area contributed by atoms with Gasteiger partial charge in [-0.3, -0.25) is 4.79 Å². The van der Waals surface area contributed by atoms with Gasteiger partial charge < -0.3 is 5.73 Å². The SMILES string of the molecule is NC(=O)c1cc(C(F)(F)F)ccc1CCCc1ccccc1. The molecule has 0 bridgehead atoms. The average Bonchev–Trinajstić information content (AvgIpc) is 2.47. The molecule has 0 heterocycles. The first kappa shape index (κ1) is 16.1. The van der Waals surface area contributed by atoms with Crippen molar-refractivity contribution in [3.8, 4) is 0 Å². The topological polar surface area (TPSA) is 43.1 Å². The van der Waals surface area contributed by atoms with Crippen molar-refractivity contribution in [3.63, 3.8) is 0 Å². The van der Waals surface area contributed by atoms with Gasteiger partial charge in [-0.2, -0.15) is 13.2 Å². The third-order valence-electron chi connectivity index (χ3n) is 3.46. The van der Waals surface area contributed by atoms with E-state index < -0.39 is 17.6 Å². The lowest BCUT2D eigenvalue weighted by Crippen LogP contribution is -2.16. The molecule has 0 saturated heterocycles. The van der Waals surface area contributed by atoms with Crippen molar-refractivity contribution < 1.29 is 18.0 Å². The maximum atomic E-state index is 12.7. The minimum atomic E-state index is -4.48. The van der Waals surface area contributed by atoms with Crippen molar-refractivity contribution >= 4 is 5.91 Å². The van der Waals surface area contributed by atoms with E-state index in [2.05, 4.69) is 0 Å². The van der Waals surface area contributed by atoms with Crippen LogP contribution in [0.25, 0.3) is 0 Å². The number of nitrogens with two attached hydrogens (primary N) is 1. The fourth-order valence-electron chi connectivity index (χ4n) is 2.33. The van der Waals surface area contributed by atoms with Crippen molar-refractivity contribution in [3.05, 3.63) is 70.8 Å². The lowest BCUT2D eigenvalue weighted by atomic mass is 9.97. The third kappa shape index (κ3) is 4.10. The van der Waals surface area contributed by atoms with Crippen molar-refractivity contribution in [1.29, 1.82) is 0 Å². The Morgan fingerprint density at radius 1 is 1.00 bits per heavy atom. The quantitative estimate of drug-likeness (QED) is 0.892. The van der Waals surface area contributed by atoms with Gasteiger partial charge in [0.2, 0.25) is 5.91 Å². The van der Waals surface area contributed by atoms with Crippen LogP contribution in [0.4, 0.5) is 13.2 Å². The minimum absolute atomic E-state index is 0.0529. The fraction of sp³-hybridized carbons (Fsp3) is 0.235. The van der Waals surface area contributed by atoms with E-state index in [-0.39, 0.29) is 5.56 Å². The molecule has 0 saturated carbocycles. The maximum Gasteiger partial charge on any atom is 0.416 e. The van der Waals surface area contributed by atoms with Crippen LogP contribution in [0.5, 0.6) is 0 Å². The first-order valence-corrected chi connectivity index (χ1v) is 6.92. The summed E-state index contributed by atoms with van der Waals surface area (Å²) in [6, 6.07) is 12.9. The van der Waals surface area contributed by atoms with Gasteiger partial charge in [0.1, 0.15) is 0 Å². The first-order valence-electron chi connectivity index (χ1n) is 6.92. The van der Waals surface area contributed by atoms with E-state index in [4.69, 9.17) is 5.73 Å². The van der Waals surface area contributed by atoms with Crippen LogP contribution in [0, 0.1) is 0 Å². The molecule has 0 radical (unpaired) electrons. The summed E-state index contributed by atoms with van der Waals surface area (Å²) in [5.74, 6) is -0.833. The highest BCUT2D eigenvalue weighted by Crippen LogP contribution is 2.30. The number of primary amides is 1. The van der Waals surface area contributed by atoms with Gasteiger partial charge in [0.05, 0.1) is 5.56 Å². The molecule has 1 amide bonds. The Morgan fingerprint density at radius 2 is 1.68 bits per heavy atom. The number of amides is 1. The van der Waals surface area contributed by atoms with Gasteiger partial charge in [-0.05, 0) is 42.5 Å². The highest BCUT2D eigenvalue weighted by Gasteiger charge is 2.31. The molecule has 0 unspecified atom stereocenters. The Hall–Kier alpha value is -2.30. The van der Waals surface area contributed by atoms with E-state index in [1.54, 1.807) is 0 Å². The molecule has 5 heteroatoms. The fourth-order valence-corrected chi connectivity index (χ4v) is 2.33. The molecule has 0 atom stereocenters. The van der Waals surface area contributed by atoms with Crippen LogP contribution in [0.3, 0.4) is 0 Å². The van der Waals surface area contributed by atoms with Crippen molar-refractivity contribution in [2.75, 3.05) is 0 Å². The number of rotatable bonds is 5. The zero-order chi connectivity index (χ0) is 16.2. The largest absolute Gasteiger partial charge is 0.416 e. The first-order chi connectivity index (χ1) is 10.4. The van der Waals surface area contributed by atoms with Crippen molar-refractivity contribution in [2.24, 2.45) is 5.73 Å². The zero-order valence-corrected chi connectivity index (χ0v) is 11.9. The summed E-state index contributed by atoms with van der Waals surface area (Å²) < 4.78 is 38.1. The van der Waals surface area contributed by atoms with Crippen LogP contribution in [0.15, 0.2) is 48.5 Å². The van der Waals surface area contributed by atoms with Crippen molar-refractivity contribution in [2.45, 2.75) is 25.4 Å². The molecule has 0 aliphatic carbocycles. The van der Waals surface area contributed by atoms with E-state index in [0.29, 0.717) is 12.0 Å². The number of hydrogen-bond acceptors (Lipinski definition) is 1. The molecule has 22 heavy (non-hydrogen) atoms. The molecular formula is C17H16F3NO. The molecule has 0 aliphatic rings. The molecule has 2 N–H and O–H groups in total. The van der Waals surface area contributed by atoms with Crippen LogP contribution in [0.2, 0.25) is 0 Å². The second kappa shape index (κ2) is 6.64. The normalized spacial score (nSPS) is 11.4. The molecule has 2 rings (SSSR count). The van der Waals surface area contributed by atoms with E-state index in [1.807, 2.05) is 30.3 Å². The van der Waals surface area contributed by atoms with Gasteiger partial charge in [0.15, 0.2) is 0 Å². The highest BCUT2D eigenvalue weighted by molar-refractivity contribution is 5.94. The lowest BCUT2D eigenvalue weighted by molar-refractivity contribution is -0.137. The Labute approximate surface area is 126 Å². The van der Waals surface area contributed by atoms with Gasteiger partial charge in [-0.15, -0.1) is 0 Å². The van der Waals surface area contributed by atoms with Crippen LogP contribution in [0.1, 0.15) is 33.5 Å². The Balaban J connectivity index is 2.12. The van der Waals surface area contributed by atoms with Gasteiger partial charge in [0, 0.05) is 5.56 Å². The highest BCUT2D eigenvalue weighted by atomic mass is 19.4. The standard InChI is InChI=1S/C17H16F3NO/c18-17(19,20)14-10-9-13(15(11-14)16(21)22)8-4-7-12-5-2-1-3-6-12/h1-3,5-6,9-11H,4,7-8H2,(H2,21,22). The van der Waals surface area contributed by atoms with Gasteiger partial charge in [-0.25, -0.2) is 0 Å². The van der Waals surface area contributed by atoms with Gasteiger partial charge >= 0.3 is 6.18 Å². The molecule has 2 aromatic rings. The van der Waals surface area contributed by atoms with E-state index >= 15 is 0 Å². The Bertz CT molecular complexity index is 651. The van der Waals surface area contributed by atoms with E-state index in [1.165, 1.54) is 6.07 Å². The summed E-state index contributed by atoms with van der Waals surface area (Å²) in [4.78, 5) is 11.4. The van der Waals surface area contributed by atoms with E-state index in [0.717, 1.165) is 30.5 Å². The van der Waals surface area contributed by atoms with Crippen LogP contribution >= 0.6 is 0 Å². The number of carbonyl (C=O) groups excluding carboxylic acids is 1. The smallest absolute Gasteiger partial charge is 0.366 e. The summed E-state index contributed by atoms with van der Waals surface area (Å²) in [7, 11) is 0. The van der Waals surface area contributed by atoms with Gasteiger partial charge in [-0.1, -0.05) is 36.4 Å². The molecular weight excluding hydrogens is 291 g/mol. The second-order valence-corrected chi connectivity index (χ2v) is 5.07. The number of aryl methyl sites for hydroxylation is 2. The summed E-state index contributed by atoms with van der Waals surface area (Å²) in [5.41, 5.74) is 6.00. The molecule has 2 nitrogen and oxygen atoms in total. The predicted molar refractivity (Wildman–Crippen MR) is 78.4 cm³/mol. The monoisotopic (exact) mass is 307 g/mol. The third-order valence-corrected chi connectivity index (χ3v) is 3.46. The van der Waals surface area contributed by atoms with Crippen molar-refractivity contribution in [1.82, 2.24) is 0 Å². The average molecular weight is 307 g/mol. The number of halogens is 3. The number of hydrogen-bond donors (Lipinski definition) is 1. The predicted octanol–water partition coefficient (Wildman–Crippen LogP) is 3.98. The molecule has 0 fully saturated rings. The lowest BCUT2D eigenvalue weighted by Gasteiger charge is -2.11. The van der Waals surface area contributed by atoms with Gasteiger partial charge in [0.25, 0.3) is 0 Å². The molecule has 116 valence electrons. The summed E-state index contributed by atoms with van der Waals surface area (Å²) in [6.07, 6.45) is -2.45. The Morgan fingerprint density at radius 3 is 2.27 bits per heavy atom. The zero-order valence-electron chi connectivity index (χ0n) is 11.9. The maximum absolute atomic E-state index is 12.7. The van der Waals surface area contributed by atoms with Crippen LogP contribution < -0.4 is 5.73 Å². The summed E-state index contributed by atoms with van der Waals surface area (Å²) >= 11 is 0. The Kier molecular flexibility index (Phi) is 4.85. The van der Waals surface area contributed by atoms with Crippen LogP contribution in [-0.2, 0) is 19.0 Å². The molecule has 0 aliphatic heterocycles. The summed E-state index contributed by atoms with van der Waals surface area (Å²) in [5, 5.41) is 0. The number of benzene rings is 2. The minimum Gasteiger partial charge on any atom is -0.366 e. The number of alkyl halides is 3. The van der Waals surface area contributed by atoms with E-state index in [9.17, 15) is 18.0 Å². The second-order valence-electron chi connectivity index (χ2n) is 5.07. The molecule has 2 aromatic carbocycles. The number of carbonyl (C=O) groups is 1.